The van der Waals surface area contributed by atoms with Crippen LogP contribution in [-0.2, 0) is 11.2 Å². The summed E-state index contributed by atoms with van der Waals surface area (Å²) in [5.74, 6) is 0.452. The van der Waals surface area contributed by atoms with Gasteiger partial charge in [0.1, 0.15) is 11.4 Å². The van der Waals surface area contributed by atoms with Crippen molar-refractivity contribution in [2.45, 2.75) is 44.2 Å². The van der Waals surface area contributed by atoms with Gasteiger partial charge in [0.25, 0.3) is 11.6 Å². The van der Waals surface area contributed by atoms with Gasteiger partial charge in [-0.25, -0.2) is 0 Å². The van der Waals surface area contributed by atoms with Gasteiger partial charge in [0.2, 0.25) is 5.91 Å². The number of benzene rings is 2. The molecule has 1 saturated heterocycles. The summed E-state index contributed by atoms with van der Waals surface area (Å²) in [4.78, 5) is 40.6. The molecule has 192 valence electrons. The van der Waals surface area contributed by atoms with Crippen molar-refractivity contribution < 1.29 is 19.2 Å². The number of nitrogens with two attached hydrogens (primary N) is 1. The molecule has 1 aliphatic heterocycles. The highest BCUT2D eigenvalue weighted by atomic mass is 16.6. The zero-order chi connectivity index (χ0) is 25.7. The second-order valence-electron chi connectivity index (χ2n) is 9.44. The Balaban J connectivity index is 1.36. The highest BCUT2D eigenvalue weighted by molar-refractivity contribution is 5.96. The molecular formula is C26H33N5O5. The van der Waals surface area contributed by atoms with Gasteiger partial charge in [-0.2, -0.15) is 0 Å². The molecule has 1 saturated carbocycles. The number of nitro benzene ring substituents is 1. The van der Waals surface area contributed by atoms with Crippen molar-refractivity contribution in [2.24, 2.45) is 5.73 Å². The summed E-state index contributed by atoms with van der Waals surface area (Å²) >= 11 is 0. The fraction of sp³-hybridized carbons (Fsp3) is 0.462. The maximum absolute atomic E-state index is 12.8. The molecule has 2 aromatic rings. The normalized spacial score (nSPS) is 20.1. The maximum atomic E-state index is 12.8. The number of methoxy groups -OCH3 is 1. The molecule has 1 heterocycles. The van der Waals surface area contributed by atoms with Crippen molar-refractivity contribution in [3.05, 3.63) is 63.7 Å². The molecule has 0 bridgehead atoms. The highest BCUT2D eigenvalue weighted by Crippen LogP contribution is 2.30. The van der Waals surface area contributed by atoms with Crippen molar-refractivity contribution in [1.29, 1.82) is 0 Å². The number of nitrogens with one attached hydrogen (secondary N) is 1. The first kappa shape index (κ1) is 25.4. The predicted molar refractivity (Wildman–Crippen MR) is 136 cm³/mol. The van der Waals surface area contributed by atoms with Gasteiger partial charge in [-0.3, -0.25) is 19.7 Å². The van der Waals surface area contributed by atoms with Crippen LogP contribution in [0.4, 0.5) is 11.4 Å². The quantitative estimate of drug-likeness (QED) is 0.446. The monoisotopic (exact) mass is 495 g/mol. The van der Waals surface area contributed by atoms with Crippen molar-refractivity contribution in [3.8, 4) is 5.75 Å². The second-order valence-corrected chi connectivity index (χ2v) is 9.44. The largest absolute Gasteiger partial charge is 0.497 e. The Morgan fingerprint density at radius 1 is 1.06 bits per heavy atom. The number of anilines is 1. The van der Waals surface area contributed by atoms with E-state index in [1.165, 1.54) is 6.07 Å². The van der Waals surface area contributed by atoms with E-state index in [4.69, 9.17) is 10.5 Å². The Morgan fingerprint density at radius 3 is 2.33 bits per heavy atom. The molecule has 0 spiro atoms. The minimum atomic E-state index is -0.451. The van der Waals surface area contributed by atoms with Gasteiger partial charge in [-0.15, -0.1) is 0 Å². The first-order chi connectivity index (χ1) is 17.3. The SMILES string of the molecule is COc1ccc(CC(=O)N2CCN(c3ccc(C(=O)NC4CCC(N)CC4)cc3[N+](=O)[O-])CC2)cc1. The minimum Gasteiger partial charge on any atom is -0.497 e. The molecule has 2 aliphatic rings. The molecule has 2 aromatic carbocycles. The first-order valence-electron chi connectivity index (χ1n) is 12.3. The van der Waals surface area contributed by atoms with Gasteiger partial charge < -0.3 is 25.6 Å². The number of ether oxygens (including phenoxy) is 1. The van der Waals surface area contributed by atoms with E-state index in [9.17, 15) is 19.7 Å². The van der Waals surface area contributed by atoms with Crippen LogP contribution < -0.4 is 20.7 Å². The average Bonchev–Trinajstić information content (AvgIpc) is 2.90. The molecule has 2 amide bonds. The van der Waals surface area contributed by atoms with Gasteiger partial charge >= 0.3 is 0 Å². The molecule has 0 unspecified atom stereocenters. The van der Waals surface area contributed by atoms with Gasteiger partial charge in [-0.05, 0) is 55.5 Å². The molecule has 1 aliphatic carbocycles. The molecule has 3 N–H and O–H groups in total. The van der Waals surface area contributed by atoms with Crippen molar-refractivity contribution in [1.82, 2.24) is 10.2 Å². The lowest BCUT2D eigenvalue weighted by molar-refractivity contribution is -0.384. The van der Waals surface area contributed by atoms with Gasteiger partial charge in [0.15, 0.2) is 0 Å². The van der Waals surface area contributed by atoms with Crippen LogP contribution in [0.3, 0.4) is 0 Å². The Morgan fingerprint density at radius 2 is 1.72 bits per heavy atom. The number of nitrogens with zero attached hydrogens (tertiary/aromatic N) is 3. The van der Waals surface area contributed by atoms with Crippen LogP contribution in [-0.4, -0.2) is 67.0 Å². The van der Waals surface area contributed by atoms with Crippen LogP contribution in [0.25, 0.3) is 0 Å². The summed E-state index contributed by atoms with van der Waals surface area (Å²) in [5.41, 5.74) is 7.46. The van der Waals surface area contributed by atoms with E-state index in [-0.39, 0.29) is 35.1 Å². The van der Waals surface area contributed by atoms with Crippen LogP contribution in [0.2, 0.25) is 0 Å². The Kier molecular flexibility index (Phi) is 8.04. The maximum Gasteiger partial charge on any atom is 0.293 e. The topological polar surface area (TPSA) is 131 Å². The van der Waals surface area contributed by atoms with Gasteiger partial charge in [-0.1, -0.05) is 12.1 Å². The van der Waals surface area contributed by atoms with Crippen LogP contribution in [0, 0.1) is 10.1 Å². The lowest BCUT2D eigenvalue weighted by atomic mass is 9.91. The van der Waals surface area contributed by atoms with Crippen molar-refractivity contribution in [2.75, 3.05) is 38.2 Å². The molecule has 2 fully saturated rings. The molecule has 0 aromatic heterocycles. The van der Waals surface area contributed by atoms with Crippen molar-refractivity contribution >= 4 is 23.2 Å². The zero-order valence-corrected chi connectivity index (χ0v) is 20.5. The van der Waals surface area contributed by atoms with E-state index in [0.29, 0.717) is 38.3 Å². The van der Waals surface area contributed by atoms with E-state index >= 15 is 0 Å². The van der Waals surface area contributed by atoms with E-state index in [1.54, 1.807) is 24.1 Å². The predicted octanol–water partition coefficient (Wildman–Crippen LogP) is 2.49. The Bertz CT molecular complexity index is 1090. The van der Waals surface area contributed by atoms with Gasteiger partial charge in [0.05, 0.1) is 18.5 Å². The number of piperazine rings is 1. The summed E-state index contributed by atoms with van der Waals surface area (Å²) in [6, 6.07) is 12.2. The second kappa shape index (κ2) is 11.4. The van der Waals surface area contributed by atoms with Gasteiger partial charge in [0, 0.05) is 49.9 Å². The third-order valence-electron chi connectivity index (χ3n) is 7.03. The average molecular weight is 496 g/mol. The fourth-order valence-electron chi connectivity index (χ4n) is 4.84. The third kappa shape index (κ3) is 6.12. The minimum absolute atomic E-state index is 0.0185. The fourth-order valence-corrected chi connectivity index (χ4v) is 4.84. The summed E-state index contributed by atoms with van der Waals surface area (Å²) in [5, 5.41) is 14.8. The molecule has 0 atom stereocenters. The summed E-state index contributed by atoms with van der Waals surface area (Å²) in [7, 11) is 1.60. The Labute approximate surface area is 210 Å². The molecule has 4 rings (SSSR count). The highest BCUT2D eigenvalue weighted by Gasteiger charge is 2.28. The lowest BCUT2D eigenvalue weighted by Gasteiger charge is -2.36. The van der Waals surface area contributed by atoms with E-state index < -0.39 is 4.92 Å². The molecule has 10 heteroatoms. The van der Waals surface area contributed by atoms with Crippen LogP contribution >= 0.6 is 0 Å². The third-order valence-corrected chi connectivity index (χ3v) is 7.03. The summed E-state index contributed by atoms with van der Waals surface area (Å²) < 4.78 is 5.15. The number of rotatable bonds is 7. The molecule has 0 radical (unpaired) electrons. The molecule has 10 nitrogen and oxygen atoms in total. The number of nitro groups is 1. The van der Waals surface area contributed by atoms with E-state index in [0.717, 1.165) is 37.0 Å². The smallest absolute Gasteiger partial charge is 0.293 e. The van der Waals surface area contributed by atoms with Crippen LogP contribution in [0.15, 0.2) is 42.5 Å². The number of hydrogen-bond donors (Lipinski definition) is 2. The number of carbonyl (C=O) groups excluding carboxylic acids is 2. The first-order valence-corrected chi connectivity index (χ1v) is 12.3. The number of carbonyl (C=O) groups is 2. The number of amides is 2. The molecular weight excluding hydrogens is 462 g/mol. The molecule has 36 heavy (non-hydrogen) atoms. The van der Waals surface area contributed by atoms with Crippen LogP contribution in [0.5, 0.6) is 5.75 Å². The van der Waals surface area contributed by atoms with E-state index in [2.05, 4.69) is 5.32 Å². The summed E-state index contributed by atoms with van der Waals surface area (Å²) in [6.45, 7) is 1.89. The van der Waals surface area contributed by atoms with E-state index in [1.807, 2.05) is 29.2 Å². The standard InChI is InChI=1S/C26H33N5O5/c1-36-22-9-2-18(3-10-22)16-25(32)30-14-12-29(13-15-30)23-11-4-19(17-24(23)31(34)35)26(33)28-21-7-5-20(27)6-8-21/h2-4,9-11,17,20-21H,5-8,12-16,27H2,1H3,(H,28,33). The van der Waals surface area contributed by atoms with Crippen LogP contribution in [0.1, 0.15) is 41.6 Å². The summed E-state index contributed by atoms with van der Waals surface area (Å²) in [6.07, 6.45) is 3.64. The lowest BCUT2D eigenvalue weighted by Crippen LogP contribution is -2.49. The number of hydrogen-bond acceptors (Lipinski definition) is 7. The zero-order valence-electron chi connectivity index (χ0n) is 20.5. The van der Waals surface area contributed by atoms with Crippen molar-refractivity contribution in [3.63, 3.8) is 0 Å². The Hall–Kier alpha value is -3.66.